The number of carbonyl (C=O) groups is 1. The maximum atomic E-state index is 12.8. The van der Waals surface area contributed by atoms with Crippen molar-refractivity contribution in [3.8, 4) is 5.75 Å². The SMILES string of the molecule is O=C(NCCCN1CCC[C@H](O)C1)c1ccc(F)cc1O. The van der Waals surface area contributed by atoms with E-state index >= 15 is 0 Å². The van der Waals surface area contributed by atoms with E-state index in [1.165, 1.54) is 6.07 Å². The van der Waals surface area contributed by atoms with Gasteiger partial charge in [0.1, 0.15) is 11.6 Å². The lowest BCUT2D eigenvalue weighted by atomic mass is 10.1. The minimum atomic E-state index is -0.576. The Balaban J connectivity index is 1.72. The van der Waals surface area contributed by atoms with Crippen LogP contribution in [0.3, 0.4) is 0 Å². The maximum absolute atomic E-state index is 12.8. The van der Waals surface area contributed by atoms with Crippen molar-refractivity contribution in [3.63, 3.8) is 0 Å². The number of phenols is 1. The van der Waals surface area contributed by atoms with Gasteiger partial charge >= 0.3 is 0 Å². The van der Waals surface area contributed by atoms with E-state index in [1.807, 2.05) is 0 Å². The zero-order chi connectivity index (χ0) is 15.2. The van der Waals surface area contributed by atoms with Gasteiger partial charge in [-0.05, 0) is 44.5 Å². The van der Waals surface area contributed by atoms with Crippen LogP contribution in [0, 0.1) is 5.82 Å². The number of hydrogen-bond acceptors (Lipinski definition) is 4. The molecule has 3 N–H and O–H groups in total. The molecule has 0 aliphatic carbocycles. The topological polar surface area (TPSA) is 72.8 Å². The molecule has 0 radical (unpaired) electrons. The van der Waals surface area contributed by atoms with E-state index in [0.29, 0.717) is 13.1 Å². The third-order valence-corrected chi connectivity index (χ3v) is 3.62. The van der Waals surface area contributed by atoms with E-state index in [4.69, 9.17) is 0 Å². The fourth-order valence-corrected chi connectivity index (χ4v) is 2.53. The molecule has 1 aromatic rings. The molecule has 6 heteroatoms. The lowest BCUT2D eigenvalue weighted by Gasteiger charge is -2.29. The summed E-state index contributed by atoms with van der Waals surface area (Å²) in [4.78, 5) is 14.0. The van der Waals surface area contributed by atoms with Crippen LogP contribution in [0.25, 0.3) is 0 Å². The van der Waals surface area contributed by atoms with Gasteiger partial charge in [-0.25, -0.2) is 4.39 Å². The van der Waals surface area contributed by atoms with Crippen LogP contribution >= 0.6 is 0 Å². The smallest absolute Gasteiger partial charge is 0.255 e. The Morgan fingerprint density at radius 2 is 2.29 bits per heavy atom. The van der Waals surface area contributed by atoms with Crippen molar-refractivity contribution in [3.05, 3.63) is 29.6 Å². The maximum Gasteiger partial charge on any atom is 0.255 e. The lowest BCUT2D eigenvalue weighted by molar-refractivity contribution is 0.0697. The van der Waals surface area contributed by atoms with Crippen molar-refractivity contribution in [1.82, 2.24) is 10.2 Å². The third-order valence-electron chi connectivity index (χ3n) is 3.62. The van der Waals surface area contributed by atoms with Gasteiger partial charge in [-0.3, -0.25) is 4.79 Å². The molecule has 0 unspecified atom stereocenters. The molecule has 2 rings (SSSR count). The number of halogens is 1. The molecule has 1 aliphatic rings. The summed E-state index contributed by atoms with van der Waals surface area (Å²) in [5.74, 6) is -1.34. The zero-order valence-electron chi connectivity index (χ0n) is 11.9. The fourth-order valence-electron chi connectivity index (χ4n) is 2.53. The summed E-state index contributed by atoms with van der Waals surface area (Å²) in [6.07, 6.45) is 2.37. The van der Waals surface area contributed by atoms with Crippen molar-refractivity contribution < 1.29 is 19.4 Å². The van der Waals surface area contributed by atoms with E-state index in [1.54, 1.807) is 0 Å². The van der Waals surface area contributed by atoms with E-state index in [2.05, 4.69) is 10.2 Å². The van der Waals surface area contributed by atoms with Crippen LogP contribution in [0.5, 0.6) is 5.75 Å². The summed E-state index contributed by atoms with van der Waals surface area (Å²) >= 11 is 0. The number of carbonyl (C=O) groups excluding carboxylic acids is 1. The molecule has 21 heavy (non-hydrogen) atoms. The molecule has 1 aliphatic heterocycles. The highest BCUT2D eigenvalue weighted by Crippen LogP contribution is 2.17. The number of hydrogen-bond donors (Lipinski definition) is 3. The van der Waals surface area contributed by atoms with Crippen LogP contribution < -0.4 is 5.32 Å². The Kier molecular flexibility index (Phi) is 5.52. The molecule has 0 bridgehead atoms. The fraction of sp³-hybridized carbons (Fsp3) is 0.533. The van der Waals surface area contributed by atoms with E-state index in [9.17, 15) is 19.4 Å². The van der Waals surface area contributed by atoms with Gasteiger partial charge in [0.2, 0.25) is 0 Å². The second-order valence-corrected chi connectivity index (χ2v) is 5.37. The molecule has 0 spiro atoms. The largest absolute Gasteiger partial charge is 0.507 e. The van der Waals surface area contributed by atoms with E-state index in [-0.39, 0.29) is 17.4 Å². The second kappa shape index (κ2) is 7.38. The van der Waals surface area contributed by atoms with Gasteiger partial charge in [-0.15, -0.1) is 0 Å². The Morgan fingerprint density at radius 1 is 1.48 bits per heavy atom. The van der Waals surface area contributed by atoms with Gasteiger partial charge in [0.15, 0.2) is 0 Å². The number of phenolic OH excluding ortho intramolecular Hbond substituents is 1. The second-order valence-electron chi connectivity index (χ2n) is 5.37. The average Bonchev–Trinajstić information content (AvgIpc) is 2.43. The highest BCUT2D eigenvalue weighted by atomic mass is 19.1. The summed E-state index contributed by atoms with van der Waals surface area (Å²) < 4.78 is 12.8. The number of nitrogens with one attached hydrogen (secondary N) is 1. The Morgan fingerprint density at radius 3 is 3.00 bits per heavy atom. The van der Waals surface area contributed by atoms with Crippen molar-refractivity contribution >= 4 is 5.91 Å². The molecule has 116 valence electrons. The molecule has 1 fully saturated rings. The number of nitrogens with zero attached hydrogens (tertiary/aromatic N) is 1. The molecule has 0 saturated carbocycles. The molecule has 1 atom stereocenters. The van der Waals surface area contributed by atoms with Crippen molar-refractivity contribution in [2.45, 2.75) is 25.4 Å². The first-order valence-corrected chi connectivity index (χ1v) is 7.23. The number of rotatable bonds is 5. The Labute approximate surface area is 123 Å². The summed E-state index contributed by atoms with van der Waals surface area (Å²) in [6.45, 7) is 2.95. The summed E-state index contributed by atoms with van der Waals surface area (Å²) in [5, 5.41) is 21.8. The predicted molar refractivity (Wildman–Crippen MR) is 76.7 cm³/mol. The highest BCUT2D eigenvalue weighted by molar-refractivity contribution is 5.96. The van der Waals surface area contributed by atoms with Crippen LogP contribution in [0.15, 0.2) is 18.2 Å². The number of aliphatic hydroxyl groups excluding tert-OH is 1. The normalized spacial score (nSPS) is 19.4. The van der Waals surface area contributed by atoms with Gasteiger partial charge < -0.3 is 20.4 Å². The van der Waals surface area contributed by atoms with Crippen LogP contribution in [0.2, 0.25) is 0 Å². The first-order chi connectivity index (χ1) is 10.1. The molecular weight excluding hydrogens is 275 g/mol. The molecule has 1 aromatic carbocycles. The minimum absolute atomic E-state index is 0.0739. The Bertz CT molecular complexity index is 496. The first-order valence-electron chi connectivity index (χ1n) is 7.23. The lowest BCUT2D eigenvalue weighted by Crippen LogP contribution is -2.39. The molecular formula is C15H21FN2O3. The number of aliphatic hydroxyl groups is 1. The molecule has 1 heterocycles. The zero-order valence-corrected chi connectivity index (χ0v) is 11.9. The number of benzene rings is 1. The van der Waals surface area contributed by atoms with Crippen LogP contribution in [-0.2, 0) is 0 Å². The van der Waals surface area contributed by atoms with E-state index in [0.717, 1.165) is 44.5 Å². The highest BCUT2D eigenvalue weighted by Gasteiger charge is 2.17. The number of aromatic hydroxyl groups is 1. The number of likely N-dealkylation sites (tertiary alicyclic amines) is 1. The van der Waals surface area contributed by atoms with Gasteiger partial charge in [0.25, 0.3) is 5.91 Å². The van der Waals surface area contributed by atoms with Gasteiger partial charge in [0, 0.05) is 19.2 Å². The molecule has 0 aromatic heterocycles. The summed E-state index contributed by atoms with van der Waals surface area (Å²) in [5.41, 5.74) is 0.0739. The van der Waals surface area contributed by atoms with Crippen LogP contribution in [-0.4, -0.2) is 53.3 Å². The van der Waals surface area contributed by atoms with Crippen molar-refractivity contribution in [1.29, 1.82) is 0 Å². The van der Waals surface area contributed by atoms with Gasteiger partial charge in [-0.2, -0.15) is 0 Å². The molecule has 5 nitrogen and oxygen atoms in total. The summed E-state index contributed by atoms with van der Waals surface area (Å²) in [7, 11) is 0. The predicted octanol–water partition coefficient (Wildman–Crippen LogP) is 1.11. The number of piperidine rings is 1. The van der Waals surface area contributed by atoms with Crippen LogP contribution in [0.1, 0.15) is 29.6 Å². The third kappa shape index (κ3) is 4.68. The number of amides is 1. The molecule has 1 saturated heterocycles. The standard InChI is InChI=1S/C15H21FN2O3/c16-11-4-5-13(14(20)9-11)15(21)17-6-2-8-18-7-1-3-12(19)10-18/h4-5,9,12,19-20H,1-3,6-8,10H2,(H,17,21)/t12-/m0/s1. The van der Waals surface area contributed by atoms with Gasteiger partial charge in [-0.1, -0.05) is 0 Å². The van der Waals surface area contributed by atoms with Crippen LogP contribution in [0.4, 0.5) is 4.39 Å². The Hall–Kier alpha value is -1.66. The van der Waals surface area contributed by atoms with Gasteiger partial charge in [0.05, 0.1) is 11.7 Å². The monoisotopic (exact) mass is 296 g/mol. The van der Waals surface area contributed by atoms with Crippen molar-refractivity contribution in [2.75, 3.05) is 26.2 Å². The number of β-amino-alcohol motifs (C(OH)–C–C–N with tert-alkyl or cyclic N) is 1. The summed E-state index contributed by atoms with van der Waals surface area (Å²) in [6, 6.07) is 3.33. The van der Waals surface area contributed by atoms with Crippen molar-refractivity contribution in [2.24, 2.45) is 0 Å². The quantitative estimate of drug-likeness (QED) is 0.712. The average molecular weight is 296 g/mol. The molecule has 1 amide bonds. The first kappa shape index (κ1) is 15.7. The minimum Gasteiger partial charge on any atom is -0.507 e. The van der Waals surface area contributed by atoms with E-state index < -0.39 is 11.7 Å².